The first-order chi connectivity index (χ1) is 11.1. The number of hydrogen-bond donors (Lipinski definition) is 1. The lowest BCUT2D eigenvalue weighted by atomic mass is 10.3. The normalized spacial score (nSPS) is 10.5. The number of nitrogens with zero attached hydrogens (tertiary/aromatic N) is 2. The zero-order valence-electron chi connectivity index (χ0n) is 12.3. The lowest BCUT2D eigenvalue weighted by Gasteiger charge is -2.19. The number of carbonyl (C=O) groups is 1. The smallest absolute Gasteiger partial charge is 0.238 e. The summed E-state index contributed by atoms with van der Waals surface area (Å²) in [7, 11) is 0. The van der Waals surface area contributed by atoms with Gasteiger partial charge in [-0.25, -0.2) is 4.39 Å². The molecular formula is C16H15BrFN3O2. The van der Waals surface area contributed by atoms with Gasteiger partial charge in [-0.15, -0.1) is 0 Å². The van der Waals surface area contributed by atoms with Crippen molar-refractivity contribution in [1.82, 2.24) is 4.90 Å². The van der Waals surface area contributed by atoms with Gasteiger partial charge in [-0.3, -0.25) is 9.69 Å². The molecule has 23 heavy (non-hydrogen) atoms. The highest BCUT2D eigenvalue weighted by atomic mass is 79.9. The summed E-state index contributed by atoms with van der Waals surface area (Å²) < 4.78 is 19.6. The molecule has 1 N–H and O–H groups in total. The molecule has 0 saturated heterocycles. The SMILES string of the molecule is N#CCCN(CC(=O)Nc1ccc(Br)cc1F)Cc1ccco1. The zero-order valence-corrected chi connectivity index (χ0v) is 13.8. The van der Waals surface area contributed by atoms with E-state index in [1.165, 1.54) is 12.1 Å². The zero-order chi connectivity index (χ0) is 16.7. The molecule has 5 nitrogen and oxygen atoms in total. The van der Waals surface area contributed by atoms with E-state index in [9.17, 15) is 9.18 Å². The Labute approximate surface area is 141 Å². The number of carbonyl (C=O) groups excluding carboxylic acids is 1. The van der Waals surface area contributed by atoms with Gasteiger partial charge in [0.15, 0.2) is 0 Å². The van der Waals surface area contributed by atoms with Gasteiger partial charge in [-0.2, -0.15) is 5.26 Å². The molecule has 0 atom stereocenters. The summed E-state index contributed by atoms with van der Waals surface area (Å²) in [5.74, 6) is -0.163. The van der Waals surface area contributed by atoms with Gasteiger partial charge >= 0.3 is 0 Å². The van der Waals surface area contributed by atoms with Crippen molar-refractivity contribution < 1.29 is 13.6 Å². The minimum atomic E-state index is -0.512. The molecule has 1 amide bonds. The van der Waals surface area contributed by atoms with Gasteiger partial charge in [-0.05, 0) is 30.3 Å². The maximum absolute atomic E-state index is 13.7. The summed E-state index contributed by atoms with van der Waals surface area (Å²) >= 11 is 3.16. The third kappa shape index (κ3) is 5.51. The van der Waals surface area contributed by atoms with Crippen LogP contribution in [0.25, 0.3) is 0 Å². The van der Waals surface area contributed by atoms with E-state index in [0.29, 0.717) is 29.7 Å². The van der Waals surface area contributed by atoms with E-state index in [2.05, 4.69) is 21.2 Å². The first kappa shape index (κ1) is 17.2. The fourth-order valence-electron chi connectivity index (χ4n) is 2.03. The molecule has 0 spiro atoms. The minimum Gasteiger partial charge on any atom is -0.468 e. The van der Waals surface area contributed by atoms with Gasteiger partial charge in [0.05, 0.1) is 31.1 Å². The lowest BCUT2D eigenvalue weighted by Crippen LogP contribution is -2.33. The summed E-state index contributed by atoms with van der Waals surface area (Å²) in [6, 6.07) is 10.0. The number of rotatable bonds is 7. The molecule has 120 valence electrons. The number of anilines is 1. The van der Waals surface area contributed by atoms with Crippen LogP contribution in [0.3, 0.4) is 0 Å². The van der Waals surface area contributed by atoms with Crippen molar-refractivity contribution in [3.8, 4) is 6.07 Å². The Hall–Kier alpha value is -2.17. The number of halogens is 2. The van der Waals surface area contributed by atoms with Crippen molar-refractivity contribution in [2.75, 3.05) is 18.4 Å². The van der Waals surface area contributed by atoms with Crippen LogP contribution >= 0.6 is 15.9 Å². The van der Waals surface area contributed by atoms with Crippen LogP contribution < -0.4 is 5.32 Å². The predicted octanol–water partition coefficient (Wildman–Crippen LogP) is 3.54. The van der Waals surface area contributed by atoms with Crippen LogP contribution in [-0.2, 0) is 11.3 Å². The number of furan rings is 1. The highest BCUT2D eigenvalue weighted by Crippen LogP contribution is 2.19. The third-order valence-electron chi connectivity index (χ3n) is 3.07. The second-order valence-corrected chi connectivity index (χ2v) is 5.79. The molecule has 0 fully saturated rings. The van der Waals surface area contributed by atoms with Gasteiger partial charge in [0, 0.05) is 17.4 Å². The Morgan fingerprint density at radius 2 is 2.26 bits per heavy atom. The molecule has 0 radical (unpaired) electrons. The van der Waals surface area contributed by atoms with Crippen molar-refractivity contribution >= 4 is 27.5 Å². The van der Waals surface area contributed by atoms with Crippen LogP contribution in [0.5, 0.6) is 0 Å². The Morgan fingerprint density at radius 3 is 2.91 bits per heavy atom. The summed E-state index contributed by atoms with van der Waals surface area (Å²) in [4.78, 5) is 13.9. The minimum absolute atomic E-state index is 0.0396. The van der Waals surface area contributed by atoms with Gasteiger partial charge in [0.25, 0.3) is 0 Å². The first-order valence-electron chi connectivity index (χ1n) is 6.95. The average molecular weight is 380 g/mol. The molecule has 1 aromatic heterocycles. The van der Waals surface area contributed by atoms with E-state index in [0.717, 1.165) is 0 Å². The largest absolute Gasteiger partial charge is 0.468 e. The van der Waals surface area contributed by atoms with E-state index in [1.807, 2.05) is 6.07 Å². The molecule has 1 heterocycles. The molecule has 2 rings (SSSR count). The van der Waals surface area contributed by atoms with E-state index in [1.54, 1.807) is 29.4 Å². The Balaban J connectivity index is 1.97. The van der Waals surface area contributed by atoms with Crippen LogP contribution in [0.2, 0.25) is 0 Å². The highest BCUT2D eigenvalue weighted by molar-refractivity contribution is 9.10. The quantitative estimate of drug-likeness (QED) is 0.798. The van der Waals surface area contributed by atoms with Crippen LogP contribution in [0, 0.1) is 17.1 Å². The van der Waals surface area contributed by atoms with Crippen molar-refractivity contribution in [1.29, 1.82) is 5.26 Å². The number of benzene rings is 1. The molecular weight excluding hydrogens is 365 g/mol. The monoisotopic (exact) mass is 379 g/mol. The molecule has 2 aromatic rings. The maximum atomic E-state index is 13.7. The fourth-order valence-corrected chi connectivity index (χ4v) is 2.36. The molecule has 0 aliphatic rings. The summed E-state index contributed by atoms with van der Waals surface area (Å²) in [5.41, 5.74) is 0.122. The number of amides is 1. The number of nitrogens with one attached hydrogen (secondary N) is 1. The van der Waals surface area contributed by atoms with Gasteiger partial charge < -0.3 is 9.73 Å². The molecule has 0 saturated carbocycles. The predicted molar refractivity (Wildman–Crippen MR) is 86.9 cm³/mol. The molecule has 0 bridgehead atoms. The maximum Gasteiger partial charge on any atom is 0.238 e. The van der Waals surface area contributed by atoms with Crippen molar-refractivity contribution in [3.63, 3.8) is 0 Å². The van der Waals surface area contributed by atoms with Crippen molar-refractivity contribution in [3.05, 3.63) is 52.6 Å². The van der Waals surface area contributed by atoms with E-state index in [-0.39, 0.29) is 18.1 Å². The van der Waals surface area contributed by atoms with E-state index in [4.69, 9.17) is 9.68 Å². The Kier molecular flexibility index (Phi) is 6.32. The average Bonchev–Trinajstić information content (AvgIpc) is 3.00. The van der Waals surface area contributed by atoms with Gasteiger partial charge in [0.1, 0.15) is 11.6 Å². The first-order valence-corrected chi connectivity index (χ1v) is 7.74. The van der Waals surface area contributed by atoms with Crippen LogP contribution in [0.1, 0.15) is 12.2 Å². The Morgan fingerprint density at radius 1 is 1.43 bits per heavy atom. The van der Waals surface area contributed by atoms with Crippen LogP contribution in [0.4, 0.5) is 10.1 Å². The van der Waals surface area contributed by atoms with Gasteiger partial charge in [-0.1, -0.05) is 15.9 Å². The molecule has 7 heteroatoms. The third-order valence-corrected chi connectivity index (χ3v) is 3.57. The fraction of sp³-hybridized carbons (Fsp3) is 0.250. The van der Waals surface area contributed by atoms with Gasteiger partial charge in [0.2, 0.25) is 5.91 Å². The van der Waals surface area contributed by atoms with Crippen molar-refractivity contribution in [2.45, 2.75) is 13.0 Å². The molecule has 0 aliphatic heterocycles. The highest BCUT2D eigenvalue weighted by Gasteiger charge is 2.14. The van der Waals surface area contributed by atoms with Crippen LogP contribution in [0.15, 0.2) is 45.5 Å². The summed E-state index contributed by atoms with van der Waals surface area (Å²) in [5, 5.41) is 11.3. The molecule has 0 aliphatic carbocycles. The number of nitriles is 1. The Bertz CT molecular complexity index is 698. The van der Waals surface area contributed by atoms with Crippen LogP contribution in [-0.4, -0.2) is 23.9 Å². The second-order valence-electron chi connectivity index (χ2n) is 4.87. The topological polar surface area (TPSA) is 69.3 Å². The molecule has 1 aromatic carbocycles. The number of hydrogen-bond acceptors (Lipinski definition) is 4. The van der Waals surface area contributed by atoms with E-state index >= 15 is 0 Å². The standard InChI is InChI=1S/C16H15BrFN3O2/c17-12-4-5-15(14(18)9-12)20-16(22)11-21(7-2-6-19)10-13-3-1-8-23-13/h1,3-5,8-9H,2,7,10-11H2,(H,20,22). The second kappa shape index (κ2) is 8.46. The summed E-state index contributed by atoms with van der Waals surface area (Å²) in [6.07, 6.45) is 1.84. The molecule has 0 unspecified atom stereocenters. The van der Waals surface area contributed by atoms with Crippen molar-refractivity contribution in [2.24, 2.45) is 0 Å². The van der Waals surface area contributed by atoms with E-state index < -0.39 is 5.82 Å². The lowest BCUT2D eigenvalue weighted by molar-refractivity contribution is -0.117. The summed E-state index contributed by atoms with van der Waals surface area (Å²) in [6.45, 7) is 0.871.